The smallest absolute Gasteiger partial charge is 0.246 e. The fraction of sp³-hybridized carbons (Fsp3) is 0.875. The molecule has 0 radical (unpaired) electrons. The Hall–Kier alpha value is -1.19. The lowest BCUT2D eigenvalue weighted by molar-refractivity contribution is -0.145. The summed E-state index contributed by atoms with van der Waals surface area (Å²) in [6.07, 6.45) is 1.51. The first-order valence-electron chi connectivity index (χ1n) is 12.0. The molecule has 0 aliphatic carbocycles. The molecule has 3 N–H and O–H groups in total. The minimum Gasteiger partial charge on any atom is -0.394 e. The van der Waals surface area contributed by atoms with Crippen LogP contribution in [0.1, 0.15) is 67.7 Å². The highest BCUT2D eigenvalue weighted by atomic mass is 79.9. The van der Waals surface area contributed by atoms with Gasteiger partial charge in [-0.05, 0) is 45.4 Å². The van der Waals surface area contributed by atoms with Crippen LogP contribution in [0.5, 0.6) is 0 Å². The highest BCUT2D eigenvalue weighted by Crippen LogP contribution is 2.60. The van der Waals surface area contributed by atoms with Gasteiger partial charge < -0.3 is 25.4 Å². The molecule has 7 atom stereocenters. The van der Waals surface area contributed by atoms with Crippen LogP contribution in [0.3, 0.4) is 0 Å². The molecule has 188 valence electrons. The SMILES string of the molecule is CCCNC(=O)[C@H]1[C@H]2C(=O)N([C@H](C)CO)C(C(=O)NC(C)(C)CC(C)(C)C)C23CC(Br)[C@@H]1O3. The Bertz CT molecular complexity index is 797. The molecule has 0 aromatic carbocycles. The number of nitrogens with zero attached hydrogens (tertiary/aromatic N) is 1. The molecule has 0 aromatic rings. The van der Waals surface area contributed by atoms with Crippen LogP contribution in [0, 0.1) is 17.3 Å². The van der Waals surface area contributed by atoms with Crippen molar-refractivity contribution >= 4 is 33.7 Å². The van der Waals surface area contributed by atoms with Crippen LogP contribution in [0.2, 0.25) is 0 Å². The van der Waals surface area contributed by atoms with Crippen LogP contribution >= 0.6 is 15.9 Å². The van der Waals surface area contributed by atoms with Crippen molar-refractivity contribution in [2.75, 3.05) is 13.2 Å². The lowest BCUT2D eigenvalue weighted by atomic mass is 9.70. The Labute approximate surface area is 205 Å². The number of aliphatic hydroxyl groups is 1. The molecule has 33 heavy (non-hydrogen) atoms. The number of rotatable bonds is 8. The number of ether oxygens (including phenoxy) is 1. The summed E-state index contributed by atoms with van der Waals surface area (Å²) in [6.45, 7) is 14.2. The van der Waals surface area contributed by atoms with E-state index in [1.54, 1.807) is 6.92 Å². The lowest BCUT2D eigenvalue weighted by Crippen LogP contribution is -2.61. The molecule has 3 amide bonds. The summed E-state index contributed by atoms with van der Waals surface area (Å²) in [6, 6.07) is -1.49. The molecule has 3 saturated heterocycles. The molecular weight excluding hydrogens is 490 g/mol. The molecule has 3 unspecified atom stereocenters. The summed E-state index contributed by atoms with van der Waals surface area (Å²) in [5.41, 5.74) is -1.62. The first-order chi connectivity index (χ1) is 15.2. The maximum atomic E-state index is 13.8. The summed E-state index contributed by atoms with van der Waals surface area (Å²) in [5.74, 6) is -2.21. The van der Waals surface area contributed by atoms with Gasteiger partial charge in [0.25, 0.3) is 0 Å². The van der Waals surface area contributed by atoms with Crippen molar-refractivity contribution in [3.63, 3.8) is 0 Å². The van der Waals surface area contributed by atoms with Gasteiger partial charge in [0.05, 0.1) is 30.6 Å². The number of likely N-dealkylation sites (tertiary alicyclic amines) is 1. The van der Waals surface area contributed by atoms with Gasteiger partial charge in [-0.1, -0.05) is 43.6 Å². The van der Waals surface area contributed by atoms with Gasteiger partial charge in [-0.15, -0.1) is 0 Å². The van der Waals surface area contributed by atoms with Gasteiger partial charge in [-0.3, -0.25) is 14.4 Å². The van der Waals surface area contributed by atoms with Crippen molar-refractivity contribution in [1.29, 1.82) is 0 Å². The van der Waals surface area contributed by atoms with E-state index in [2.05, 4.69) is 47.3 Å². The normalized spacial score (nSPS) is 34.4. The largest absolute Gasteiger partial charge is 0.394 e. The van der Waals surface area contributed by atoms with Crippen molar-refractivity contribution in [1.82, 2.24) is 15.5 Å². The van der Waals surface area contributed by atoms with E-state index >= 15 is 0 Å². The average Bonchev–Trinajstić information content (AvgIpc) is 3.26. The van der Waals surface area contributed by atoms with E-state index in [9.17, 15) is 19.5 Å². The fourth-order valence-corrected chi connectivity index (χ4v) is 7.31. The topological polar surface area (TPSA) is 108 Å². The summed E-state index contributed by atoms with van der Waals surface area (Å²) >= 11 is 3.66. The quantitative estimate of drug-likeness (QED) is 0.416. The number of alkyl halides is 1. The lowest BCUT2D eigenvalue weighted by Gasteiger charge is -2.39. The minimum atomic E-state index is -1.10. The third-order valence-corrected chi connectivity index (χ3v) is 7.85. The fourth-order valence-electron chi connectivity index (χ4n) is 6.37. The van der Waals surface area contributed by atoms with Gasteiger partial charge in [-0.2, -0.15) is 0 Å². The number of halogens is 1. The first kappa shape index (κ1) is 26.4. The number of aliphatic hydroxyl groups excluding tert-OH is 1. The van der Waals surface area contributed by atoms with Crippen LogP contribution in [-0.2, 0) is 19.1 Å². The molecule has 2 bridgehead atoms. The molecule has 3 fully saturated rings. The summed E-state index contributed by atoms with van der Waals surface area (Å²) in [5, 5.41) is 16.0. The van der Waals surface area contributed by atoms with E-state index in [0.717, 1.165) is 12.8 Å². The first-order valence-corrected chi connectivity index (χ1v) is 13.0. The monoisotopic (exact) mass is 529 g/mol. The maximum absolute atomic E-state index is 13.8. The summed E-state index contributed by atoms with van der Waals surface area (Å²) < 4.78 is 6.44. The third kappa shape index (κ3) is 4.69. The zero-order chi connectivity index (χ0) is 24.9. The number of hydrogen-bond donors (Lipinski definition) is 3. The Balaban J connectivity index is 1.99. The van der Waals surface area contributed by atoms with Gasteiger partial charge in [0, 0.05) is 16.9 Å². The second-order valence-electron chi connectivity index (χ2n) is 11.8. The van der Waals surface area contributed by atoms with Gasteiger partial charge in [0.15, 0.2) is 0 Å². The van der Waals surface area contributed by atoms with E-state index < -0.39 is 41.2 Å². The Morgan fingerprint density at radius 2 is 1.91 bits per heavy atom. The van der Waals surface area contributed by atoms with E-state index in [-0.39, 0.29) is 34.6 Å². The molecule has 9 heteroatoms. The van der Waals surface area contributed by atoms with Gasteiger partial charge >= 0.3 is 0 Å². The Morgan fingerprint density at radius 3 is 2.45 bits per heavy atom. The molecule has 3 aliphatic rings. The second kappa shape index (κ2) is 9.11. The number of carbonyl (C=O) groups is 3. The zero-order valence-corrected chi connectivity index (χ0v) is 22.5. The number of nitrogens with one attached hydrogen (secondary N) is 2. The highest BCUT2D eigenvalue weighted by molar-refractivity contribution is 9.09. The second-order valence-corrected chi connectivity index (χ2v) is 13.0. The van der Waals surface area contributed by atoms with E-state index in [4.69, 9.17) is 4.74 Å². The van der Waals surface area contributed by atoms with E-state index in [0.29, 0.717) is 13.0 Å². The van der Waals surface area contributed by atoms with Crippen LogP contribution in [0.15, 0.2) is 0 Å². The number of amides is 3. The Kier molecular flexibility index (Phi) is 7.30. The molecule has 3 aliphatic heterocycles. The minimum absolute atomic E-state index is 0.00704. The molecular formula is C24H40BrN3O5. The Morgan fingerprint density at radius 1 is 1.27 bits per heavy atom. The van der Waals surface area contributed by atoms with Crippen molar-refractivity contribution in [3.8, 4) is 0 Å². The molecule has 0 saturated carbocycles. The van der Waals surface area contributed by atoms with Gasteiger partial charge in [0.1, 0.15) is 11.6 Å². The predicted octanol–water partition coefficient (Wildman–Crippen LogP) is 1.97. The van der Waals surface area contributed by atoms with Gasteiger partial charge in [0.2, 0.25) is 17.7 Å². The molecule has 8 nitrogen and oxygen atoms in total. The van der Waals surface area contributed by atoms with Crippen LogP contribution in [-0.4, -0.2) is 75.0 Å². The third-order valence-electron chi connectivity index (χ3n) is 7.00. The van der Waals surface area contributed by atoms with Crippen molar-refractivity contribution in [2.45, 2.75) is 102 Å². The summed E-state index contributed by atoms with van der Waals surface area (Å²) in [4.78, 5) is 42.0. The van der Waals surface area contributed by atoms with E-state index in [1.807, 2.05) is 20.8 Å². The molecule has 3 rings (SSSR count). The number of carbonyl (C=O) groups excluding carboxylic acids is 3. The zero-order valence-electron chi connectivity index (χ0n) is 20.9. The average molecular weight is 531 g/mol. The molecule has 3 heterocycles. The number of fused-ring (bicyclic) bond motifs is 1. The maximum Gasteiger partial charge on any atom is 0.246 e. The van der Waals surface area contributed by atoms with Crippen molar-refractivity contribution in [2.24, 2.45) is 17.3 Å². The standard InChI is InChI=1S/C24H40BrN3O5/c1-8-9-26-19(30)15-16-21(32)28(13(2)11-29)18(24(16)10-14(25)17(15)33-24)20(31)27-23(6,7)12-22(3,4)5/h13-18,29H,8-12H2,1-7H3,(H,26,30)(H,27,31)/t13-,14?,15+,16+,17+,18?,24?/m1/s1. The summed E-state index contributed by atoms with van der Waals surface area (Å²) in [7, 11) is 0. The number of hydrogen-bond acceptors (Lipinski definition) is 5. The van der Waals surface area contributed by atoms with Crippen molar-refractivity contribution < 1.29 is 24.2 Å². The highest BCUT2D eigenvalue weighted by Gasteiger charge is 2.76. The van der Waals surface area contributed by atoms with Crippen molar-refractivity contribution in [3.05, 3.63) is 0 Å². The predicted molar refractivity (Wildman–Crippen MR) is 129 cm³/mol. The van der Waals surface area contributed by atoms with Crippen LogP contribution < -0.4 is 10.6 Å². The van der Waals surface area contributed by atoms with Gasteiger partial charge in [-0.25, -0.2) is 0 Å². The molecule has 0 aromatic heterocycles. The van der Waals surface area contributed by atoms with Crippen LogP contribution in [0.4, 0.5) is 0 Å². The van der Waals surface area contributed by atoms with E-state index in [1.165, 1.54) is 4.90 Å². The molecule has 1 spiro atoms. The van der Waals surface area contributed by atoms with Crippen LogP contribution in [0.25, 0.3) is 0 Å².